The minimum atomic E-state index is 0.0131. The third kappa shape index (κ3) is 4.78. The van der Waals surface area contributed by atoms with Crippen molar-refractivity contribution in [1.29, 1.82) is 0 Å². The van der Waals surface area contributed by atoms with Crippen LogP contribution in [0.25, 0.3) is 10.9 Å². The molecular weight excluding hydrogens is 364 g/mol. The van der Waals surface area contributed by atoms with Crippen LogP contribution in [0.5, 0.6) is 5.75 Å². The number of ether oxygens (including phenoxy) is 1. The summed E-state index contributed by atoms with van der Waals surface area (Å²) in [6.07, 6.45) is 12.5. The van der Waals surface area contributed by atoms with Crippen molar-refractivity contribution < 1.29 is 14.6 Å². The van der Waals surface area contributed by atoms with Gasteiger partial charge in [-0.3, -0.25) is 9.78 Å². The lowest BCUT2D eigenvalue weighted by Crippen LogP contribution is -2.22. The number of allylic oxidation sites excluding steroid dienone is 2. The third-order valence-corrected chi connectivity index (χ3v) is 6.23. The lowest BCUT2D eigenvalue weighted by molar-refractivity contribution is -0.149. The predicted octanol–water partition coefficient (Wildman–Crippen LogP) is 4.35. The molecule has 3 unspecified atom stereocenters. The lowest BCUT2D eigenvalue weighted by Gasteiger charge is -2.16. The van der Waals surface area contributed by atoms with Gasteiger partial charge in [0, 0.05) is 18.1 Å². The van der Waals surface area contributed by atoms with E-state index >= 15 is 0 Å². The molecule has 2 aliphatic rings. The number of phenols is 1. The van der Waals surface area contributed by atoms with Crippen molar-refractivity contribution in [1.82, 2.24) is 10.3 Å². The Morgan fingerprint density at radius 2 is 2.03 bits per heavy atom. The van der Waals surface area contributed by atoms with Crippen molar-refractivity contribution in [2.24, 2.45) is 17.8 Å². The molecule has 2 aromatic rings. The number of carbonyl (C=O) groups is 1. The van der Waals surface area contributed by atoms with Crippen LogP contribution in [-0.2, 0) is 16.1 Å². The molecule has 1 aromatic carbocycles. The van der Waals surface area contributed by atoms with Gasteiger partial charge in [-0.25, -0.2) is 0 Å². The van der Waals surface area contributed by atoms with Crippen molar-refractivity contribution in [2.45, 2.75) is 45.1 Å². The average molecular weight is 395 g/mol. The van der Waals surface area contributed by atoms with Crippen molar-refractivity contribution in [3.8, 4) is 5.75 Å². The maximum Gasteiger partial charge on any atom is 0.309 e. The molecule has 29 heavy (non-hydrogen) atoms. The summed E-state index contributed by atoms with van der Waals surface area (Å²) in [4.78, 5) is 16.4. The van der Waals surface area contributed by atoms with Gasteiger partial charge in [-0.15, -0.1) is 0 Å². The monoisotopic (exact) mass is 394 g/mol. The zero-order chi connectivity index (χ0) is 20.1. The first-order valence-corrected chi connectivity index (χ1v) is 10.8. The van der Waals surface area contributed by atoms with Crippen LogP contribution in [0.4, 0.5) is 0 Å². The van der Waals surface area contributed by atoms with E-state index in [9.17, 15) is 9.90 Å². The number of hydrogen-bond donors (Lipinski definition) is 2. The van der Waals surface area contributed by atoms with E-state index in [1.165, 1.54) is 0 Å². The number of hydrogen-bond acceptors (Lipinski definition) is 5. The highest BCUT2D eigenvalue weighted by Crippen LogP contribution is 2.43. The fraction of sp³-hybridized carbons (Fsp3) is 0.500. The van der Waals surface area contributed by atoms with E-state index in [0.717, 1.165) is 62.6 Å². The van der Waals surface area contributed by atoms with Crippen molar-refractivity contribution in [2.75, 3.05) is 13.2 Å². The molecule has 5 nitrogen and oxygen atoms in total. The van der Waals surface area contributed by atoms with Gasteiger partial charge in [-0.1, -0.05) is 37.1 Å². The SMILES string of the molecule is O=C(OCCCCCCNCc1ccc(O)c2ncccc12)C1CC2C=CC1C2. The molecule has 0 amide bonds. The van der Waals surface area contributed by atoms with Gasteiger partial charge in [0.1, 0.15) is 11.3 Å². The van der Waals surface area contributed by atoms with Crippen LogP contribution >= 0.6 is 0 Å². The number of nitrogens with zero attached hydrogens (tertiary/aromatic N) is 1. The molecule has 0 radical (unpaired) electrons. The number of nitrogens with one attached hydrogen (secondary N) is 1. The quantitative estimate of drug-likeness (QED) is 0.356. The Labute approximate surface area is 172 Å². The predicted molar refractivity (Wildman–Crippen MR) is 113 cm³/mol. The maximum atomic E-state index is 12.2. The number of rotatable bonds is 10. The fourth-order valence-corrected chi connectivity index (χ4v) is 4.63. The van der Waals surface area contributed by atoms with Crippen LogP contribution in [0.1, 0.15) is 44.1 Å². The van der Waals surface area contributed by atoms with Crippen LogP contribution in [0.2, 0.25) is 0 Å². The molecule has 2 N–H and O–H groups in total. The summed E-state index contributed by atoms with van der Waals surface area (Å²) in [5.41, 5.74) is 1.80. The summed E-state index contributed by atoms with van der Waals surface area (Å²) in [5.74, 6) is 1.39. The normalized spacial score (nSPS) is 22.4. The lowest BCUT2D eigenvalue weighted by atomic mass is 9.94. The summed E-state index contributed by atoms with van der Waals surface area (Å²) in [5, 5.41) is 14.4. The first kappa shape index (κ1) is 19.9. The first-order chi connectivity index (χ1) is 14.2. The van der Waals surface area contributed by atoms with E-state index in [0.29, 0.717) is 24.0 Å². The number of esters is 1. The molecule has 0 saturated heterocycles. The molecule has 5 heteroatoms. The number of benzene rings is 1. The second kappa shape index (κ2) is 9.40. The van der Waals surface area contributed by atoms with E-state index in [4.69, 9.17) is 4.74 Å². The number of fused-ring (bicyclic) bond motifs is 3. The molecule has 2 aliphatic carbocycles. The van der Waals surface area contributed by atoms with Gasteiger partial charge >= 0.3 is 5.97 Å². The van der Waals surface area contributed by atoms with Gasteiger partial charge in [0.15, 0.2) is 0 Å². The second-order valence-corrected chi connectivity index (χ2v) is 8.29. The van der Waals surface area contributed by atoms with Crippen molar-refractivity contribution in [3.63, 3.8) is 0 Å². The molecule has 4 rings (SSSR count). The van der Waals surface area contributed by atoms with E-state index in [1.807, 2.05) is 18.2 Å². The highest BCUT2D eigenvalue weighted by molar-refractivity contribution is 5.87. The number of unbranched alkanes of at least 4 members (excludes halogenated alkanes) is 3. The summed E-state index contributed by atoms with van der Waals surface area (Å²) >= 11 is 0. The second-order valence-electron chi connectivity index (χ2n) is 8.29. The number of carbonyl (C=O) groups excluding carboxylic acids is 1. The van der Waals surface area contributed by atoms with Crippen LogP contribution in [-0.4, -0.2) is 29.2 Å². The highest BCUT2D eigenvalue weighted by atomic mass is 16.5. The van der Waals surface area contributed by atoms with E-state index in [1.54, 1.807) is 12.3 Å². The summed E-state index contributed by atoms with van der Waals surface area (Å²) in [6.45, 7) is 2.26. The van der Waals surface area contributed by atoms with Crippen LogP contribution < -0.4 is 5.32 Å². The topological polar surface area (TPSA) is 71.5 Å². The Bertz CT molecular complexity index is 880. The molecule has 2 bridgehead atoms. The van der Waals surface area contributed by atoms with E-state index in [2.05, 4.69) is 22.5 Å². The Hall–Kier alpha value is -2.40. The molecule has 1 aromatic heterocycles. The van der Waals surface area contributed by atoms with Crippen LogP contribution in [0.3, 0.4) is 0 Å². The van der Waals surface area contributed by atoms with Gasteiger partial charge in [-0.2, -0.15) is 0 Å². The first-order valence-electron chi connectivity index (χ1n) is 10.8. The molecule has 0 aliphatic heterocycles. The number of phenolic OH excluding ortho intramolecular Hbond substituents is 1. The Morgan fingerprint density at radius 3 is 2.86 bits per heavy atom. The molecule has 0 spiro atoms. The molecule has 154 valence electrons. The maximum absolute atomic E-state index is 12.2. The molecule has 1 heterocycles. The van der Waals surface area contributed by atoms with Gasteiger partial charge in [0.25, 0.3) is 0 Å². The largest absolute Gasteiger partial charge is 0.506 e. The summed E-state index contributed by atoms with van der Waals surface area (Å²) < 4.78 is 5.50. The minimum absolute atomic E-state index is 0.0131. The van der Waals surface area contributed by atoms with Crippen LogP contribution in [0.15, 0.2) is 42.6 Å². The molecular formula is C24H30N2O3. The molecule has 1 fully saturated rings. The third-order valence-electron chi connectivity index (χ3n) is 6.23. The standard InChI is InChI=1S/C24H30N2O3/c27-22-10-9-19(20-6-5-12-26-23(20)22)16-25-11-3-1-2-4-13-29-24(28)21-15-17-7-8-18(21)14-17/h5-10,12,17-18,21,25,27H,1-4,11,13-16H2. The Balaban J connectivity index is 1.07. The number of aromatic nitrogens is 1. The van der Waals surface area contributed by atoms with Crippen molar-refractivity contribution in [3.05, 3.63) is 48.2 Å². The van der Waals surface area contributed by atoms with E-state index < -0.39 is 0 Å². The smallest absolute Gasteiger partial charge is 0.309 e. The average Bonchev–Trinajstić information content (AvgIpc) is 3.38. The summed E-state index contributed by atoms with van der Waals surface area (Å²) in [7, 11) is 0. The fourth-order valence-electron chi connectivity index (χ4n) is 4.63. The highest BCUT2D eigenvalue weighted by Gasteiger charge is 2.40. The summed E-state index contributed by atoms with van der Waals surface area (Å²) in [6, 6.07) is 7.55. The Kier molecular flexibility index (Phi) is 6.45. The number of pyridine rings is 1. The molecule has 3 atom stereocenters. The van der Waals surface area contributed by atoms with Crippen LogP contribution in [0, 0.1) is 17.8 Å². The number of aromatic hydroxyl groups is 1. The van der Waals surface area contributed by atoms with Crippen molar-refractivity contribution >= 4 is 16.9 Å². The zero-order valence-electron chi connectivity index (χ0n) is 16.8. The molecule has 1 saturated carbocycles. The van der Waals surface area contributed by atoms with Gasteiger partial charge < -0.3 is 15.2 Å². The zero-order valence-corrected chi connectivity index (χ0v) is 16.8. The minimum Gasteiger partial charge on any atom is -0.506 e. The van der Waals surface area contributed by atoms with Gasteiger partial charge in [-0.05, 0) is 61.8 Å². The Morgan fingerprint density at radius 1 is 1.14 bits per heavy atom. The van der Waals surface area contributed by atoms with Gasteiger partial charge in [0.05, 0.1) is 12.5 Å². The van der Waals surface area contributed by atoms with Gasteiger partial charge in [0.2, 0.25) is 0 Å². The van der Waals surface area contributed by atoms with E-state index in [-0.39, 0.29) is 17.6 Å².